The summed E-state index contributed by atoms with van der Waals surface area (Å²) in [6.45, 7) is 7.78. The minimum absolute atomic E-state index is 0.0511. The van der Waals surface area contributed by atoms with Crippen molar-refractivity contribution in [2.45, 2.75) is 39.3 Å². The zero-order chi connectivity index (χ0) is 29.8. The zero-order valence-corrected chi connectivity index (χ0v) is 25.5. The van der Waals surface area contributed by atoms with Crippen LogP contribution in [0.3, 0.4) is 0 Å². The first kappa shape index (κ1) is 29.0. The summed E-state index contributed by atoms with van der Waals surface area (Å²) in [4.78, 5) is 17.4. The highest BCUT2D eigenvalue weighted by Gasteiger charge is 2.23. The fourth-order valence-corrected chi connectivity index (χ4v) is 7.04. The second-order valence-corrected chi connectivity index (χ2v) is 12.6. The standard InChI is InChI=1S/C37H37NO4S/c1-25(2)42-32-17-12-29(13-18-32)37-35(33-19-14-30(39)21-34(33)43-37)36(40)28-10-15-31(16-11-28)41-24-27-9-6-20-38(23-27)22-26-7-4-3-5-8-26/h3-5,7-8,10-19,21,25,27,39H,6,9,20,22-24H2,1-2H3. The molecule has 0 radical (unpaired) electrons. The van der Waals surface area contributed by atoms with Gasteiger partial charge < -0.3 is 14.6 Å². The molecule has 1 saturated heterocycles. The summed E-state index contributed by atoms with van der Waals surface area (Å²) >= 11 is 1.51. The van der Waals surface area contributed by atoms with E-state index in [0.29, 0.717) is 23.7 Å². The summed E-state index contributed by atoms with van der Waals surface area (Å²) in [6.07, 6.45) is 2.42. The van der Waals surface area contributed by atoms with Crippen LogP contribution in [0.1, 0.15) is 48.2 Å². The second-order valence-electron chi connectivity index (χ2n) is 11.6. The first-order valence-corrected chi connectivity index (χ1v) is 15.8. The number of hydrogen-bond acceptors (Lipinski definition) is 6. The molecule has 5 aromatic rings. The van der Waals surface area contributed by atoms with E-state index in [9.17, 15) is 9.90 Å². The van der Waals surface area contributed by atoms with E-state index in [-0.39, 0.29) is 17.6 Å². The van der Waals surface area contributed by atoms with E-state index in [2.05, 4.69) is 35.2 Å². The molecule has 6 rings (SSSR count). The third kappa shape index (κ3) is 6.93. The predicted molar refractivity (Wildman–Crippen MR) is 175 cm³/mol. The Morgan fingerprint density at radius 2 is 1.70 bits per heavy atom. The maximum absolute atomic E-state index is 14.0. The van der Waals surface area contributed by atoms with E-state index in [1.807, 2.05) is 68.4 Å². The number of hydrogen-bond donors (Lipinski definition) is 1. The number of carbonyl (C=O) groups excluding carboxylic acids is 1. The lowest BCUT2D eigenvalue weighted by atomic mass is 9.97. The number of aromatic hydroxyl groups is 1. The molecule has 0 spiro atoms. The van der Waals surface area contributed by atoms with Crippen LogP contribution in [0.15, 0.2) is 97.1 Å². The molecule has 6 heteroatoms. The third-order valence-corrected chi connectivity index (χ3v) is 9.04. The van der Waals surface area contributed by atoms with Gasteiger partial charge >= 0.3 is 0 Å². The van der Waals surface area contributed by atoms with Gasteiger partial charge in [-0.15, -0.1) is 11.3 Å². The largest absolute Gasteiger partial charge is 0.508 e. The number of benzene rings is 4. The number of thiophene rings is 1. The summed E-state index contributed by atoms with van der Waals surface area (Å²) in [5, 5.41) is 11.0. The summed E-state index contributed by atoms with van der Waals surface area (Å²) in [7, 11) is 0. The number of nitrogens with zero attached hydrogens (tertiary/aromatic N) is 1. The van der Waals surface area contributed by atoms with Gasteiger partial charge in [-0.05, 0) is 111 Å². The van der Waals surface area contributed by atoms with Gasteiger partial charge in [-0.3, -0.25) is 9.69 Å². The fraction of sp³-hybridized carbons (Fsp3) is 0.270. The van der Waals surface area contributed by atoms with E-state index >= 15 is 0 Å². The van der Waals surface area contributed by atoms with Gasteiger partial charge in [0.2, 0.25) is 0 Å². The molecular weight excluding hydrogens is 554 g/mol. The Morgan fingerprint density at radius 1 is 0.953 bits per heavy atom. The molecule has 0 bridgehead atoms. The molecule has 4 aromatic carbocycles. The normalized spacial score (nSPS) is 15.6. The number of piperidine rings is 1. The van der Waals surface area contributed by atoms with Gasteiger partial charge in [-0.25, -0.2) is 0 Å². The SMILES string of the molecule is CC(C)Oc1ccc(-c2sc3cc(O)ccc3c2C(=O)c2ccc(OCC3CCCN(Cc4ccccc4)C3)cc2)cc1. The Hall–Kier alpha value is -4.13. The Labute approximate surface area is 257 Å². The quantitative estimate of drug-likeness (QED) is 0.165. The van der Waals surface area contributed by atoms with Gasteiger partial charge in [0, 0.05) is 45.1 Å². The topological polar surface area (TPSA) is 59.0 Å². The van der Waals surface area contributed by atoms with Gasteiger partial charge in [-0.2, -0.15) is 0 Å². The van der Waals surface area contributed by atoms with Gasteiger partial charge in [0.05, 0.1) is 12.7 Å². The van der Waals surface area contributed by atoms with Crippen LogP contribution >= 0.6 is 11.3 Å². The molecule has 1 unspecified atom stereocenters. The summed E-state index contributed by atoms with van der Waals surface area (Å²) in [5.41, 5.74) is 3.54. The molecule has 1 aromatic heterocycles. The highest BCUT2D eigenvalue weighted by atomic mass is 32.1. The Balaban J connectivity index is 1.17. The second kappa shape index (κ2) is 13.0. The number of phenolic OH excluding ortho intramolecular Hbond substituents is 1. The number of rotatable bonds is 10. The fourth-order valence-electron chi connectivity index (χ4n) is 5.80. The minimum atomic E-state index is -0.0511. The molecule has 1 N–H and O–H groups in total. The Kier molecular flexibility index (Phi) is 8.77. The van der Waals surface area contributed by atoms with Crippen molar-refractivity contribution >= 4 is 27.2 Å². The molecule has 0 aliphatic carbocycles. The van der Waals surface area contributed by atoms with E-state index in [4.69, 9.17) is 9.47 Å². The molecule has 0 amide bonds. The molecule has 5 nitrogen and oxygen atoms in total. The molecule has 0 saturated carbocycles. The van der Waals surface area contributed by atoms with Crippen molar-refractivity contribution in [2.75, 3.05) is 19.7 Å². The highest BCUT2D eigenvalue weighted by Crippen LogP contribution is 2.41. The molecule has 1 aliphatic rings. The number of ether oxygens (including phenoxy) is 2. The van der Waals surface area contributed by atoms with Crippen LogP contribution in [0.5, 0.6) is 17.2 Å². The van der Waals surface area contributed by atoms with Gasteiger partial charge in [-0.1, -0.05) is 30.3 Å². The molecule has 2 heterocycles. The minimum Gasteiger partial charge on any atom is -0.508 e. The van der Waals surface area contributed by atoms with Crippen molar-refractivity contribution in [3.05, 3.63) is 114 Å². The maximum atomic E-state index is 14.0. The van der Waals surface area contributed by atoms with Crippen LogP contribution < -0.4 is 9.47 Å². The van der Waals surface area contributed by atoms with Crippen molar-refractivity contribution in [1.29, 1.82) is 0 Å². The molecule has 1 atom stereocenters. The zero-order valence-electron chi connectivity index (χ0n) is 24.7. The van der Waals surface area contributed by atoms with E-state index in [1.54, 1.807) is 12.1 Å². The van der Waals surface area contributed by atoms with Crippen molar-refractivity contribution in [3.63, 3.8) is 0 Å². The number of fused-ring (bicyclic) bond motifs is 1. The van der Waals surface area contributed by atoms with Crippen molar-refractivity contribution in [2.24, 2.45) is 5.92 Å². The van der Waals surface area contributed by atoms with Crippen LogP contribution in [0, 0.1) is 5.92 Å². The number of ketones is 1. The van der Waals surface area contributed by atoms with Gasteiger partial charge in [0.15, 0.2) is 5.78 Å². The van der Waals surface area contributed by atoms with Crippen LogP contribution in [0.2, 0.25) is 0 Å². The molecule has 1 aliphatic heterocycles. The molecular formula is C37H37NO4S. The Bertz CT molecular complexity index is 1680. The summed E-state index contributed by atoms with van der Waals surface area (Å²) in [6, 6.07) is 31.2. The predicted octanol–water partition coefficient (Wildman–Crippen LogP) is 8.58. The smallest absolute Gasteiger partial charge is 0.195 e. The lowest BCUT2D eigenvalue weighted by Crippen LogP contribution is -2.37. The van der Waals surface area contributed by atoms with Gasteiger partial charge in [0.1, 0.15) is 17.2 Å². The summed E-state index contributed by atoms with van der Waals surface area (Å²) in [5.74, 6) is 2.18. The monoisotopic (exact) mass is 591 g/mol. The van der Waals surface area contributed by atoms with E-state index in [1.165, 1.54) is 23.3 Å². The van der Waals surface area contributed by atoms with E-state index < -0.39 is 0 Å². The maximum Gasteiger partial charge on any atom is 0.195 e. The Morgan fingerprint density at radius 3 is 2.44 bits per heavy atom. The van der Waals surface area contributed by atoms with Crippen molar-refractivity contribution in [3.8, 4) is 27.7 Å². The summed E-state index contributed by atoms with van der Waals surface area (Å²) < 4.78 is 12.9. The van der Waals surface area contributed by atoms with Crippen molar-refractivity contribution in [1.82, 2.24) is 4.90 Å². The average molecular weight is 592 g/mol. The average Bonchev–Trinajstić information content (AvgIpc) is 3.39. The molecule has 1 fully saturated rings. The highest BCUT2D eigenvalue weighted by molar-refractivity contribution is 7.22. The number of likely N-dealkylation sites (tertiary alicyclic amines) is 1. The third-order valence-electron chi connectivity index (χ3n) is 7.84. The lowest BCUT2D eigenvalue weighted by Gasteiger charge is -2.32. The van der Waals surface area contributed by atoms with Crippen molar-refractivity contribution < 1.29 is 19.4 Å². The van der Waals surface area contributed by atoms with E-state index in [0.717, 1.165) is 58.1 Å². The van der Waals surface area contributed by atoms with Crippen LogP contribution in [-0.2, 0) is 6.54 Å². The van der Waals surface area contributed by atoms with Crippen LogP contribution in [0.4, 0.5) is 0 Å². The van der Waals surface area contributed by atoms with Crippen LogP contribution in [-0.4, -0.2) is 41.6 Å². The molecule has 43 heavy (non-hydrogen) atoms. The van der Waals surface area contributed by atoms with Crippen LogP contribution in [0.25, 0.3) is 20.5 Å². The number of carbonyl (C=O) groups is 1. The lowest BCUT2D eigenvalue weighted by molar-refractivity contribution is 0.104. The van der Waals surface area contributed by atoms with Gasteiger partial charge in [0.25, 0.3) is 0 Å². The first-order chi connectivity index (χ1) is 20.9. The number of phenols is 1. The first-order valence-electron chi connectivity index (χ1n) is 15.0. The molecule has 220 valence electrons.